The molecule has 2 atom stereocenters. The highest BCUT2D eigenvalue weighted by Gasteiger charge is 2.32. The lowest BCUT2D eigenvalue weighted by Crippen LogP contribution is -2.40. The zero-order chi connectivity index (χ0) is 10.4. The first-order chi connectivity index (χ1) is 6.69. The van der Waals surface area contributed by atoms with Crippen molar-refractivity contribution in [3.63, 3.8) is 0 Å². The molecule has 0 saturated heterocycles. The minimum Gasteiger partial charge on any atom is -0.318 e. The number of nitrogens with one attached hydrogen (secondary N) is 2. The summed E-state index contributed by atoms with van der Waals surface area (Å²) in [6.07, 6.45) is 5.69. The lowest BCUT2D eigenvalue weighted by Gasteiger charge is -2.40. The Kier molecular flexibility index (Phi) is 4.90. The van der Waals surface area contributed by atoms with E-state index in [2.05, 4.69) is 24.5 Å². The van der Waals surface area contributed by atoms with Crippen LogP contribution in [0.4, 0.5) is 0 Å². The fourth-order valence-electron chi connectivity index (χ4n) is 2.42. The lowest BCUT2D eigenvalue weighted by atomic mass is 9.68. The van der Waals surface area contributed by atoms with E-state index in [4.69, 9.17) is 0 Å². The second-order valence-electron chi connectivity index (χ2n) is 5.08. The van der Waals surface area contributed by atoms with Gasteiger partial charge in [-0.1, -0.05) is 33.1 Å². The van der Waals surface area contributed by atoms with Crippen LogP contribution >= 0.6 is 0 Å². The first-order valence-corrected chi connectivity index (χ1v) is 6.04. The summed E-state index contributed by atoms with van der Waals surface area (Å²) >= 11 is 0. The largest absolute Gasteiger partial charge is 0.318 e. The van der Waals surface area contributed by atoms with Crippen molar-refractivity contribution in [2.45, 2.75) is 39.5 Å². The lowest BCUT2D eigenvalue weighted by molar-refractivity contribution is 0.128. The molecule has 1 saturated carbocycles. The summed E-state index contributed by atoms with van der Waals surface area (Å²) in [5.41, 5.74) is 0.548. The minimum atomic E-state index is 0.548. The average molecular weight is 198 g/mol. The van der Waals surface area contributed by atoms with E-state index in [-0.39, 0.29) is 0 Å². The Labute approximate surface area is 88.8 Å². The van der Waals surface area contributed by atoms with Crippen molar-refractivity contribution in [1.82, 2.24) is 10.6 Å². The molecule has 84 valence electrons. The van der Waals surface area contributed by atoms with Crippen molar-refractivity contribution in [2.24, 2.45) is 11.3 Å². The molecule has 2 heteroatoms. The Morgan fingerprint density at radius 2 is 2.07 bits per heavy atom. The van der Waals surface area contributed by atoms with E-state index in [0.717, 1.165) is 19.0 Å². The van der Waals surface area contributed by atoms with Crippen LogP contribution in [0.3, 0.4) is 0 Å². The Morgan fingerprint density at radius 1 is 1.29 bits per heavy atom. The molecule has 1 aliphatic carbocycles. The van der Waals surface area contributed by atoms with Gasteiger partial charge in [0.15, 0.2) is 0 Å². The van der Waals surface area contributed by atoms with Gasteiger partial charge in [0.1, 0.15) is 0 Å². The van der Waals surface area contributed by atoms with E-state index in [9.17, 15) is 0 Å². The van der Waals surface area contributed by atoms with Crippen LogP contribution in [0.5, 0.6) is 0 Å². The molecule has 2 N–H and O–H groups in total. The molecule has 0 spiro atoms. The molecule has 0 aromatic rings. The Bertz CT molecular complexity index is 158. The van der Waals surface area contributed by atoms with Gasteiger partial charge in [0.05, 0.1) is 0 Å². The predicted molar refractivity (Wildman–Crippen MR) is 62.5 cm³/mol. The Morgan fingerprint density at radius 3 is 2.71 bits per heavy atom. The molecule has 0 amide bonds. The van der Waals surface area contributed by atoms with Gasteiger partial charge < -0.3 is 10.6 Å². The van der Waals surface area contributed by atoms with Crippen LogP contribution in [0.1, 0.15) is 39.5 Å². The van der Waals surface area contributed by atoms with E-state index >= 15 is 0 Å². The van der Waals surface area contributed by atoms with E-state index < -0.39 is 0 Å². The molecule has 2 unspecified atom stereocenters. The maximum atomic E-state index is 3.56. The monoisotopic (exact) mass is 198 g/mol. The van der Waals surface area contributed by atoms with Crippen LogP contribution in [0.2, 0.25) is 0 Å². The molecule has 1 fully saturated rings. The first-order valence-electron chi connectivity index (χ1n) is 6.04. The smallest absolute Gasteiger partial charge is 0.00768 e. The van der Waals surface area contributed by atoms with Gasteiger partial charge >= 0.3 is 0 Å². The van der Waals surface area contributed by atoms with Crippen LogP contribution in [0.15, 0.2) is 0 Å². The number of likely N-dealkylation sites (N-methyl/N-ethyl adjacent to an activating group) is 1. The van der Waals surface area contributed by atoms with Crippen LogP contribution in [0, 0.1) is 11.3 Å². The SMILES string of the molecule is CNCCNCC1(C)CCCCC1C. The van der Waals surface area contributed by atoms with Crippen LogP contribution in [-0.2, 0) is 0 Å². The summed E-state index contributed by atoms with van der Waals surface area (Å²) in [6.45, 7) is 8.22. The average Bonchev–Trinajstić information content (AvgIpc) is 2.18. The van der Waals surface area contributed by atoms with Crippen LogP contribution in [0.25, 0.3) is 0 Å². The summed E-state index contributed by atoms with van der Waals surface area (Å²) in [4.78, 5) is 0. The van der Waals surface area contributed by atoms with Gasteiger partial charge in [0.25, 0.3) is 0 Å². The molecule has 0 aromatic heterocycles. The summed E-state index contributed by atoms with van der Waals surface area (Å²) in [5, 5.41) is 6.73. The number of hydrogen-bond acceptors (Lipinski definition) is 2. The molecule has 1 rings (SSSR count). The summed E-state index contributed by atoms with van der Waals surface area (Å²) in [5.74, 6) is 0.887. The van der Waals surface area contributed by atoms with Gasteiger partial charge in [-0.25, -0.2) is 0 Å². The van der Waals surface area contributed by atoms with Crippen molar-refractivity contribution in [3.05, 3.63) is 0 Å². The molecule has 0 radical (unpaired) electrons. The molecular formula is C12H26N2. The third-order valence-corrected chi connectivity index (χ3v) is 3.91. The maximum Gasteiger partial charge on any atom is 0.00768 e. The third kappa shape index (κ3) is 3.25. The van der Waals surface area contributed by atoms with E-state index in [1.54, 1.807) is 0 Å². The fourth-order valence-corrected chi connectivity index (χ4v) is 2.42. The molecule has 0 heterocycles. The number of rotatable bonds is 5. The van der Waals surface area contributed by atoms with E-state index in [1.807, 2.05) is 7.05 Å². The van der Waals surface area contributed by atoms with E-state index in [0.29, 0.717) is 5.41 Å². The quantitative estimate of drug-likeness (QED) is 0.660. The van der Waals surface area contributed by atoms with Gasteiger partial charge in [-0.3, -0.25) is 0 Å². The van der Waals surface area contributed by atoms with Crippen molar-refractivity contribution in [1.29, 1.82) is 0 Å². The Balaban J connectivity index is 2.25. The van der Waals surface area contributed by atoms with Crippen molar-refractivity contribution in [2.75, 3.05) is 26.7 Å². The molecule has 1 aliphatic rings. The second-order valence-corrected chi connectivity index (χ2v) is 5.08. The second kappa shape index (κ2) is 5.72. The summed E-state index contributed by atoms with van der Waals surface area (Å²) < 4.78 is 0. The zero-order valence-corrected chi connectivity index (χ0v) is 10.0. The zero-order valence-electron chi connectivity index (χ0n) is 10.0. The highest BCUT2D eigenvalue weighted by Crippen LogP contribution is 2.39. The normalized spacial score (nSPS) is 33.2. The predicted octanol–water partition coefficient (Wildman–Crippen LogP) is 2.01. The molecule has 2 nitrogen and oxygen atoms in total. The summed E-state index contributed by atoms with van der Waals surface area (Å²) in [6, 6.07) is 0. The topological polar surface area (TPSA) is 24.1 Å². The molecule has 14 heavy (non-hydrogen) atoms. The molecule has 0 bridgehead atoms. The van der Waals surface area contributed by atoms with Crippen LogP contribution in [-0.4, -0.2) is 26.7 Å². The third-order valence-electron chi connectivity index (χ3n) is 3.91. The summed E-state index contributed by atoms with van der Waals surface area (Å²) in [7, 11) is 2.01. The van der Waals surface area contributed by atoms with E-state index in [1.165, 1.54) is 32.2 Å². The highest BCUT2D eigenvalue weighted by molar-refractivity contribution is 4.85. The minimum absolute atomic E-state index is 0.548. The molecule has 0 aliphatic heterocycles. The van der Waals surface area contributed by atoms with Gasteiger partial charge in [0.2, 0.25) is 0 Å². The standard InChI is InChI=1S/C12H26N2/c1-11-6-4-5-7-12(11,2)10-14-9-8-13-3/h11,13-14H,4-10H2,1-3H3. The molecule has 0 aromatic carbocycles. The highest BCUT2D eigenvalue weighted by atomic mass is 14.9. The number of hydrogen-bond donors (Lipinski definition) is 2. The van der Waals surface area contributed by atoms with Gasteiger partial charge in [-0.2, -0.15) is 0 Å². The van der Waals surface area contributed by atoms with Crippen molar-refractivity contribution < 1.29 is 0 Å². The fraction of sp³-hybridized carbons (Fsp3) is 1.00. The van der Waals surface area contributed by atoms with Crippen molar-refractivity contribution in [3.8, 4) is 0 Å². The first kappa shape index (κ1) is 12.0. The van der Waals surface area contributed by atoms with Crippen LogP contribution < -0.4 is 10.6 Å². The Hall–Kier alpha value is -0.0800. The van der Waals surface area contributed by atoms with Gasteiger partial charge in [-0.15, -0.1) is 0 Å². The van der Waals surface area contributed by atoms with Crippen molar-refractivity contribution >= 4 is 0 Å². The van der Waals surface area contributed by atoms with Gasteiger partial charge in [0, 0.05) is 19.6 Å². The van der Waals surface area contributed by atoms with Gasteiger partial charge in [-0.05, 0) is 24.8 Å². The maximum absolute atomic E-state index is 3.56. The molecular weight excluding hydrogens is 172 g/mol.